The van der Waals surface area contributed by atoms with E-state index in [-0.39, 0.29) is 22.7 Å². The highest BCUT2D eigenvalue weighted by Gasteiger charge is 2.34. The Morgan fingerprint density at radius 1 is 1.00 bits per heavy atom. The second-order valence-electron chi connectivity index (χ2n) is 7.11. The molecule has 34 heavy (non-hydrogen) atoms. The minimum atomic E-state index is -4.75. The number of carbonyl (C=O) groups is 3. The van der Waals surface area contributed by atoms with Crippen LogP contribution in [-0.4, -0.2) is 31.4 Å². The van der Waals surface area contributed by atoms with Gasteiger partial charge in [0.15, 0.2) is 5.76 Å². The molecule has 0 fully saturated rings. The molecular weight excluding hydrogens is 455 g/mol. The number of hydrogen-bond donors (Lipinski definition) is 3. The van der Waals surface area contributed by atoms with Crippen molar-refractivity contribution in [3.8, 4) is 0 Å². The van der Waals surface area contributed by atoms with Gasteiger partial charge in [0.2, 0.25) is 5.91 Å². The normalized spacial score (nSPS) is 11.0. The molecule has 11 heteroatoms. The van der Waals surface area contributed by atoms with Crippen LogP contribution in [0.1, 0.15) is 32.0 Å². The van der Waals surface area contributed by atoms with Gasteiger partial charge in [0, 0.05) is 17.1 Å². The Balaban J connectivity index is 1.72. The Morgan fingerprint density at radius 3 is 2.41 bits per heavy atom. The Labute approximate surface area is 192 Å². The van der Waals surface area contributed by atoms with Gasteiger partial charge in [-0.25, -0.2) is 4.79 Å². The number of esters is 1. The lowest BCUT2D eigenvalue weighted by Gasteiger charge is -2.16. The number of nitrogens with one attached hydrogen (secondary N) is 3. The zero-order chi connectivity index (χ0) is 24.9. The molecule has 0 unspecified atom stereocenters. The molecule has 2 amide bonds. The van der Waals surface area contributed by atoms with Crippen LogP contribution in [0.3, 0.4) is 0 Å². The van der Waals surface area contributed by atoms with E-state index in [4.69, 9.17) is 4.42 Å². The molecule has 178 valence electrons. The summed E-state index contributed by atoms with van der Waals surface area (Å²) in [5.74, 6) is -1.99. The van der Waals surface area contributed by atoms with Gasteiger partial charge in [-0.05, 0) is 55.0 Å². The number of anilines is 3. The molecule has 3 N–H and O–H groups in total. The van der Waals surface area contributed by atoms with E-state index in [9.17, 15) is 27.6 Å². The molecule has 0 atom stereocenters. The molecule has 3 aromatic rings. The summed E-state index contributed by atoms with van der Waals surface area (Å²) in [6.45, 7) is 1.21. The third-order valence-electron chi connectivity index (χ3n) is 4.70. The lowest BCUT2D eigenvalue weighted by molar-refractivity contribution is -0.137. The van der Waals surface area contributed by atoms with E-state index in [1.54, 1.807) is 13.0 Å². The van der Waals surface area contributed by atoms with Gasteiger partial charge >= 0.3 is 12.1 Å². The predicted molar refractivity (Wildman–Crippen MR) is 118 cm³/mol. The maximum Gasteiger partial charge on any atom is 0.418 e. The zero-order valence-corrected chi connectivity index (χ0v) is 18.1. The van der Waals surface area contributed by atoms with Crippen LogP contribution in [0.15, 0.2) is 59.2 Å². The summed E-state index contributed by atoms with van der Waals surface area (Å²) in [4.78, 5) is 36.1. The van der Waals surface area contributed by atoms with E-state index in [0.29, 0.717) is 11.3 Å². The molecule has 0 saturated heterocycles. The highest BCUT2D eigenvalue weighted by molar-refractivity contribution is 6.02. The zero-order valence-electron chi connectivity index (χ0n) is 18.1. The first-order valence-electron chi connectivity index (χ1n) is 9.87. The number of benzene rings is 2. The second kappa shape index (κ2) is 10.1. The molecule has 0 radical (unpaired) electrons. The van der Waals surface area contributed by atoms with Crippen LogP contribution in [0.5, 0.6) is 0 Å². The largest absolute Gasteiger partial charge is 0.465 e. The second-order valence-corrected chi connectivity index (χ2v) is 7.11. The molecule has 0 bridgehead atoms. The van der Waals surface area contributed by atoms with E-state index in [1.807, 2.05) is 0 Å². The number of amides is 2. The van der Waals surface area contributed by atoms with Crippen LogP contribution in [0.4, 0.5) is 30.2 Å². The van der Waals surface area contributed by atoms with Crippen molar-refractivity contribution in [1.29, 1.82) is 0 Å². The van der Waals surface area contributed by atoms with E-state index in [2.05, 4.69) is 20.7 Å². The van der Waals surface area contributed by atoms with Crippen LogP contribution in [0.2, 0.25) is 0 Å². The third-order valence-corrected chi connectivity index (χ3v) is 4.70. The topological polar surface area (TPSA) is 110 Å². The fraction of sp³-hybridized carbons (Fsp3) is 0.174. The van der Waals surface area contributed by atoms with Crippen LogP contribution < -0.4 is 16.0 Å². The number of methoxy groups -OCH3 is 1. The highest BCUT2D eigenvalue weighted by Crippen LogP contribution is 2.36. The van der Waals surface area contributed by atoms with E-state index < -0.39 is 36.1 Å². The minimum absolute atomic E-state index is 0.0565. The van der Waals surface area contributed by atoms with Gasteiger partial charge in [0.1, 0.15) is 0 Å². The molecule has 0 spiro atoms. The van der Waals surface area contributed by atoms with Gasteiger partial charge in [0.25, 0.3) is 5.91 Å². The summed E-state index contributed by atoms with van der Waals surface area (Å²) in [6, 6.07) is 10.5. The number of hydrogen-bond acceptors (Lipinski definition) is 6. The average molecular weight is 475 g/mol. The van der Waals surface area contributed by atoms with Crippen molar-refractivity contribution in [2.45, 2.75) is 13.1 Å². The third kappa shape index (κ3) is 5.94. The van der Waals surface area contributed by atoms with Gasteiger partial charge in [-0.1, -0.05) is 6.07 Å². The average Bonchev–Trinajstić information content (AvgIpc) is 3.33. The maximum absolute atomic E-state index is 13.6. The molecule has 0 aliphatic carbocycles. The summed E-state index contributed by atoms with van der Waals surface area (Å²) in [6.07, 6.45) is -3.49. The first kappa shape index (κ1) is 24.4. The lowest BCUT2D eigenvalue weighted by atomic mass is 10.1. The molecule has 1 aromatic heterocycles. The summed E-state index contributed by atoms with van der Waals surface area (Å²) < 4.78 is 50.4. The number of halogens is 3. The van der Waals surface area contributed by atoms with E-state index >= 15 is 0 Å². The van der Waals surface area contributed by atoms with Crippen LogP contribution >= 0.6 is 0 Å². The SMILES string of the molecule is COC(=O)c1ccc(C)c(NC(=O)CNc2ccc(NC(=O)c3ccco3)cc2C(F)(F)F)c1. The molecule has 0 aliphatic heterocycles. The van der Waals surface area contributed by atoms with Crippen molar-refractivity contribution in [3.63, 3.8) is 0 Å². The van der Waals surface area contributed by atoms with Crippen molar-refractivity contribution in [1.82, 2.24) is 0 Å². The van der Waals surface area contributed by atoms with Crippen molar-refractivity contribution in [2.75, 3.05) is 29.6 Å². The maximum atomic E-state index is 13.6. The molecule has 3 rings (SSSR count). The number of carbonyl (C=O) groups excluding carboxylic acids is 3. The number of alkyl halides is 3. The molecular formula is C23H20F3N3O5. The number of furan rings is 1. The standard InChI is InChI=1S/C23H20F3N3O5/c1-13-5-6-14(22(32)33-2)10-18(13)29-20(30)12-27-17-8-7-15(11-16(17)23(24,25)26)28-21(31)19-4-3-9-34-19/h3-11,27H,12H2,1-2H3,(H,28,31)(H,29,30). The Hall–Kier alpha value is -4.28. The van der Waals surface area contributed by atoms with Crippen molar-refractivity contribution in [3.05, 3.63) is 77.2 Å². The quantitative estimate of drug-likeness (QED) is 0.428. The van der Waals surface area contributed by atoms with Crippen LogP contribution in [-0.2, 0) is 15.7 Å². The summed E-state index contributed by atoms with van der Waals surface area (Å²) in [5.41, 5.74) is -0.336. The van der Waals surface area contributed by atoms with Crippen molar-refractivity contribution < 1.29 is 36.7 Å². The van der Waals surface area contributed by atoms with Gasteiger partial charge in [0.05, 0.1) is 31.0 Å². The van der Waals surface area contributed by atoms with E-state index in [1.165, 1.54) is 43.7 Å². The predicted octanol–water partition coefficient (Wildman–Crippen LogP) is 4.70. The first-order chi connectivity index (χ1) is 16.1. The Kier molecular flexibility index (Phi) is 7.24. The van der Waals surface area contributed by atoms with Crippen molar-refractivity contribution in [2.24, 2.45) is 0 Å². The lowest BCUT2D eigenvalue weighted by Crippen LogP contribution is -2.24. The fourth-order valence-corrected chi connectivity index (χ4v) is 2.98. The number of aryl methyl sites for hydroxylation is 1. The molecule has 0 saturated carbocycles. The van der Waals surface area contributed by atoms with Gasteiger partial charge in [-0.2, -0.15) is 13.2 Å². The van der Waals surface area contributed by atoms with Crippen LogP contribution in [0, 0.1) is 6.92 Å². The fourth-order valence-electron chi connectivity index (χ4n) is 2.98. The Bertz CT molecular complexity index is 1210. The van der Waals surface area contributed by atoms with E-state index in [0.717, 1.165) is 12.1 Å². The smallest absolute Gasteiger partial charge is 0.418 e. The Morgan fingerprint density at radius 2 is 1.76 bits per heavy atom. The summed E-state index contributed by atoms with van der Waals surface area (Å²) in [7, 11) is 1.22. The van der Waals surface area contributed by atoms with Gasteiger partial charge < -0.3 is 25.1 Å². The first-order valence-corrected chi connectivity index (χ1v) is 9.87. The highest BCUT2D eigenvalue weighted by atomic mass is 19.4. The number of ether oxygens (including phenoxy) is 1. The van der Waals surface area contributed by atoms with Crippen LogP contribution in [0.25, 0.3) is 0 Å². The summed E-state index contributed by atoms with van der Waals surface area (Å²) in [5, 5.41) is 7.34. The van der Waals surface area contributed by atoms with Gasteiger partial charge in [-0.15, -0.1) is 0 Å². The van der Waals surface area contributed by atoms with Gasteiger partial charge in [-0.3, -0.25) is 9.59 Å². The molecule has 0 aliphatic rings. The molecule has 1 heterocycles. The minimum Gasteiger partial charge on any atom is -0.465 e. The molecule has 2 aromatic carbocycles. The summed E-state index contributed by atoms with van der Waals surface area (Å²) >= 11 is 0. The monoisotopic (exact) mass is 475 g/mol. The van der Waals surface area contributed by atoms with Crippen molar-refractivity contribution >= 4 is 34.8 Å². The number of rotatable bonds is 7. The molecule has 8 nitrogen and oxygen atoms in total.